The van der Waals surface area contributed by atoms with Crippen LogP contribution < -0.4 is 5.32 Å². The van der Waals surface area contributed by atoms with Crippen LogP contribution in [0.1, 0.15) is 61.7 Å². The van der Waals surface area contributed by atoms with E-state index in [0.29, 0.717) is 13.1 Å². The Morgan fingerprint density at radius 1 is 0.889 bits per heavy atom. The minimum atomic E-state index is 0.0674. The Morgan fingerprint density at radius 2 is 1.44 bits per heavy atom. The first-order valence-corrected chi connectivity index (χ1v) is 10.8. The molecule has 1 heterocycles. The molecular formula is C23H30N2O2. The van der Waals surface area contributed by atoms with Crippen molar-refractivity contribution < 1.29 is 9.59 Å². The Bertz CT molecular complexity index is 686. The van der Waals surface area contributed by atoms with E-state index >= 15 is 0 Å². The molecule has 1 saturated heterocycles. The van der Waals surface area contributed by atoms with E-state index in [1.165, 1.54) is 38.5 Å². The number of hydrogen-bond donors (Lipinski definition) is 1. The molecule has 1 aromatic carbocycles. The van der Waals surface area contributed by atoms with Gasteiger partial charge in [0.15, 0.2) is 0 Å². The lowest BCUT2D eigenvalue weighted by molar-refractivity contribution is -0.132. The van der Waals surface area contributed by atoms with Crippen LogP contribution in [0, 0.1) is 23.7 Å². The van der Waals surface area contributed by atoms with E-state index in [0.717, 1.165) is 36.2 Å². The SMILES string of the molecule is O=C(NC12CC3CC(CC(C3)C1)C2)C1CCN(C(=O)c2ccccc2)CC1. The second-order valence-electron chi connectivity index (χ2n) is 9.62. The maximum atomic E-state index is 13.0. The summed E-state index contributed by atoms with van der Waals surface area (Å²) in [5, 5.41) is 3.53. The van der Waals surface area contributed by atoms with Crippen LogP contribution in [0.3, 0.4) is 0 Å². The average Bonchev–Trinajstić information content (AvgIpc) is 2.67. The highest BCUT2D eigenvalue weighted by Gasteiger charge is 2.51. The highest BCUT2D eigenvalue weighted by atomic mass is 16.2. The molecular weight excluding hydrogens is 336 g/mol. The number of likely N-dealkylation sites (tertiary alicyclic amines) is 1. The molecule has 2 amide bonds. The summed E-state index contributed by atoms with van der Waals surface area (Å²) in [5.74, 6) is 2.96. The quantitative estimate of drug-likeness (QED) is 0.888. The molecule has 0 atom stereocenters. The molecule has 4 heteroatoms. The van der Waals surface area contributed by atoms with Gasteiger partial charge in [-0.25, -0.2) is 0 Å². The molecule has 0 unspecified atom stereocenters. The van der Waals surface area contributed by atoms with Crippen molar-refractivity contribution in [3.8, 4) is 0 Å². The monoisotopic (exact) mass is 366 g/mol. The Kier molecular flexibility index (Phi) is 4.25. The maximum absolute atomic E-state index is 13.0. The lowest BCUT2D eigenvalue weighted by Gasteiger charge is -2.57. The topological polar surface area (TPSA) is 49.4 Å². The van der Waals surface area contributed by atoms with Gasteiger partial charge in [0.05, 0.1) is 0 Å². The molecule has 0 aromatic heterocycles. The van der Waals surface area contributed by atoms with E-state index in [9.17, 15) is 9.59 Å². The van der Waals surface area contributed by atoms with Crippen molar-refractivity contribution in [3.63, 3.8) is 0 Å². The van der Waals surface area contributed by atoms with Crippen LogP contribution in [0.4, 0.5) is 0 Å². The third-order valence-electron chi connectivity index (χ3n) is 7.60. The number of rotatable bonds is 3. The van der Waals surface area contributed by atoms with Crippen LogP contribution in [-0.2, 0) is 4.79 Å². The number of carbonyl (C=O) groups is 2. The molecule has 5 aliphatic rings. The summed E-state index contributed by atoms with van der Waals surface area (Å²) in [6.45, 7) is 1.37. The van der Waals surface area contributed by atoms with Crippen molar-refractivity contribution in [3.05, 3.63) is 35.9 Å². The first kappa shape index (κ1) is 17.3. The number of hydrogen-bond acceptors (Lipinski definition) is 2. The number of benzene rings is 1. The molecule has 4 saturated carbocycles. The van der Waals surface area contributed by atoms with Crippen molar-refractivity contribution in [2.24, 2.45) is 23.7 Å². The van der Waals surface area contributed by atoms with Gasteiger partial charge in [-0.15, -0.1) is 0 Å². The van der Waals surface area contributed by atoms with Gasteiger partial charge < -0.3 is 10.2 Å². The van der Waals surface area contributed by atoms with E-state index in [2.05, 4.69) is 5.32 Å². The lowest BCUT2D eigenvalue weighted by atomic mass is 9.53. The lowest BCUT2D eigenvalue weighted by Crippen LogP contribution is -2.61. The molecule has 6 rings (SSSR count). The van der Waals surface area contributed by atoms with Gasteiger partial charge in [-0.3, -0.25) is 9.59 Å². The molecule has 1 aliphatic heterocycles. The highest BCUT2D eigenvalue weighted by molar-refractivity contribution is 5.94. The zero-order valence-electron chi connectivity index (χ0n) is 16.0. The predicted octanol–water partition coefficient (Wildman–Crippen LogP) is 3.62. The summed E-state index contributed by atoms with van der Waals surface area (Å²) in [6, 6.07) is 9.47. The molecule has 4 aliphatic carbocycles. The first-order valence-electron chi connectivity index (χ1n) is 10.8. The van der Waals surface area contributed by atoms with Gasteiger partial charge in [-0.05, 0) is 81.3 Å². The van der Waals surface area contributed by atoms with Gasteiger partial charge in [0.2, 0.25) is 5.91 Å². The van der Waals surface area contributed by atoms with E-state index < -0.39 is 0 Å². The van der Waals surface area contributed by atoms with E-state index in [1.54, 1.807) is 0 Å². The number of nitrogens with one attached hydrogen (secondary N) is 1. The number of piperidine rings is 1. The van der Waals surface area contributed by atoms with Crippen LogP contribution in [0.25, 0.3) is 0 Å². The van der Waals surface area contributed by atoms with Crippen LogP contribution in [0.5, 0.6) is 0 Å². The molecule has 144 valence electrons. The van der Waals surface area contributed by atoms with Crippen LogP contribution in [0.15, 0.2) is 30.3 Å². The molecule has 4 bridgehead atoms. The summed E-state index contributed by atoms with van der Waals surface area (Å²) in [5.41, 5.74) is 0.844. The summed E-state index contributed by atoms with van der Waals surface area (Å²) in [7, 11) is 0. The maximum Gasteiger partial charge on any atom is 0.253 e. The fraction of sp³-hybridized carbons (Fsp3) is 0.652. The minimum Gasteiger partial charge on any atom is -0.350 e. The van der Waals surface area contributed by atoms with Crippen molar-refractivity contribution in [2.75, 3.05) is 13.1 Å². The zero-order chi connectivity index (χ0) is 18.4. The standard InChI is InChI=1S/C23H30N2O2/c26-21(24-23-13-16-10-17(14-23)12-18(11-16)15-23)19-6-8-25(9-7-19)22(27)20-4-2-1-3-5-20/h1-5,16-19H,6-15H2,(H,24,26). The van der Waals surface area contributed by atoms with E-state index in [1.807, 2.05) is 35.2 Å². The summed E-state index contributed by atoms with van der Waals surface area (Å²) in [4.78, 5) is 27.5. The van der Waals surface area contributed by atoms with Gasteiger partial charge in [0.25, 0.3) is 5.91 Å². The van der Waals surface area contributed by atoms with Crippen molar-refractivity contribution >= 4 is 11.8 Å². The molecule has 1 N–H and O–H groups in total. The van der Waals surface area contributed by atoms with Gasteiger partial charge in [0.1, 0.15) is 0 Å². The fourth-order valence-corrected chi connectivity index (χ4v) is 6.74. The minimum absolute atomic E-state index is 0.0674. The van der Waals surface area contributed by atoms with Crippen molar-refractivity contribution in [2.45, 2.75) is 56.9 Å². The second-order valence-corrected chi connectivity index (χ2v) is 9.62. The van der Waals surface area contributed by atoms with Crippen LogP contribution >= 0.6 is 0 Å². The Labute approximate surface area is 161 Å². The Morgan fingerprint density at radius 3 is 2.00 bits per heavy atom. The normalized spacial score (nSPS) is 35.3. The number of nitrogens with zero attached hydrogens (tertiary/aromatic N) is 1. The summed E-state index contributed by atoms with van der Waals surface area (Å²) >= 11 is 0. The highest BCUT2D eigenvalue weighted by Crippen LogP contribution is 2.55. The van der Waals surface area contributed by atoms with Crippen molar-refractivity contribution in [1.29, 1.82) is 0 Å². The Balaban J connectivity index is 1.18. The smallest absolute Gasteiger partial charge is 0.253 e. The summed E-state index contributed by atoms with van der Waals surface area (Å²) < 4.78 is 0. The average molecular weight is 367 g/mol. The fourth-order valence-electron chi connectivity index (χ4n) is 6.74. The molecule has 0 radical (unpaired) electrons. The van der Waals surface area contributed by atoms with Crippen molar-refractivity contribution in [1.82, 2.24) is 10.2 Å². The van der Waals surface area contributed by atoms with Crippen LogP contribution in [-0.4, -0.2) is 35.3 Å². The van der Waals surface area contributed by atoms with E-state index in [4.69, 9.17) is 0 Å². The molecule has 4 nitrogen and oxygen atoms in total. The zero-order valence-corrected chi connectivity index (χ0v) is 16.0. The third-order valence-corrected chi connectivity index (χ3v) is 7.60. The predicted molar refractivity (Wildman–Crippen MR) is 104 cm³/mol. The number of carbonyl (C=O) groups excluding carboxylic acids is 2. The van der Waals surface area contributed by atoms with Gasteiger partial charge >= 0.3 is 0 Å². The Hall–Kier alpha value is -1.84. The molecule has 5 fully saturated rings. The molecule has 1 aromatic rings. The molecule has 27 heavy (non-hydrogen) atoms. The van der Waals surface area contributed by atoms with E-state index in [-0.39, 0.29) is 23.3 Å². The number of amides is 2. The largest absolute Gasteiger partial charge is 0.350 e. The third kappa shape index (κ3) is 3.28. The second kappa shape index (κ2) is 6.65. The van der Waals surface area contributed by atoms with Gasteiger partial charge in [-0.2, -0.15) is 0 Å². The van der Waals surface area contributed by atoms with Crippen LogP contribution in [0.2, 0.25) is 0 Å². The first-order chi connectivity index (χ1) is 13.1. The summed E-state index contributed by atoms with van der Waals surface area (Å²) in [6.07, 6.45) is 9.38. The van der Waals surface area contributed by atoms with Gasteiger partial charge in [-0.1, -0.05) is 18.2 Å². The molecule has 0 spiro atoms. The van der Waals surface area contributed by atoms with Gasteiger partial charge in [0, 0.05) is 30.1 Å².